The molecule has 0 bridgehead atoms. The van der Waals surface area contributed by atoms with Crippen molar-refractivity contribution < 1.29 is 22.4 Å². The summed E-state index contributed by atoms with van der Waals surface area (Å²) in [5, 5.41) is 2.01. The van der Waals surface area contributed by atoms with E-state index >= 15 is 0 Å². The molecule has 0 aliphatic heterocycles. The number of anilines is 1. The maximum Gasteiger partial charge on any atom is 0.291 e. The van der Waals surface area contributed by atoms with Crippen molar-refractivity contribution in [2.45, 2.75) is 0 Å². The third-order valence-electron chi connectivity index (χ3n) is 2.04. The van der Waals surface area contributed by atoms with E-state index in [1.54, 1.807) is 0 Å². The summed E-state index contributed by atoms with van der Waals surface area (Å²) in [6, 6.07) is 3.84. The molecule has 0 spiro atoms. The van der Waals surface area contributed by atoms with Crippen LogP contribution in [0.1, 0.15) is 10.6 Å². The van der Waals surface area contributed by atoms with E-state index in [2.05, 4.69) is 15.9 Å². The van der Waals surface area contributed by atoms with Crippen LogP contribution in [-0.4, -0.2) is 5.91 Å². The molecule has 7 heteroatoms. The van der Waals surface area contributed by atoms with Gasteiger partial charge in [0.15, 0.2) is 22.1 Å². The molecule has 0 aliphatic carbocycles. The van der Waals surface area contributed by atoms with Crippen molar-refractivity contribution in [2.75, 3.05) is 5.32 Å². The van der Waals surface area contributed by atoms with Gasteiger partial charge in [0.1, 0.15) is 5.82 Å². The Bertz CT molecular complexity index is 612. The van der Waals surface area contributed by atoms with Gasteiger partial charge in [-0.05, 0) is 28.1 Å². The summed E-state index contributed by atoms with van der Waals surface area (Å²) in [4.78, 5) is 11.6. The molecule has 1 aromatic heterocycles. The van der Waals surface area contributed by atoms with Gasteiger partial charge < -0.3 is 9.73 Å². The summed E-state index contributed by atoms with van der Waals surface area (Å²) >= 11 is 2.98. The second kappa shape index (κ2) is 4.85. The smallest absolute Gasteiger partial charge is 0.291 e. The summed E-state index contributed by atoms with van der Waals surface area (Å²) in [7, 11) is 0. The first kappa shape index (κ1) is 12.7. The normalized spacial score (nSPS) is 10.4. The summed E-state index contributed by atoms with van der Waals surface area (Å²) < 4.78 is 44.3. The molecular weight excluding hydrogens is 315 g/mol. The summed E-state index contributed by atoms with van der Waals surface area (Å²) in [5.74, 6) is -4.65. The fraction of sp³-hybridized carbons (Fsp3) is 0. The molecule has 2 aromatic rings. The Morgan fingerprint density at radius 1 is 1.22 bits per heavy atom. The lowest BCUT2D eigenvalue weighted by Crippen LogP contribution is -2.13. The van der Waals surface area contributed by atoms with Crippen molar-refractivity contribution in [1.82, 2.24) is 0 Å². The Morgan fingerprint density at radius 3 is 2.56 bits per heavy atom. The quantitative estimate of drug-likeness (QED) is 0.857. The first-order valence-corrected chi connectivity index (χ1v) is 5.48. The number of nitrogens with one attached hydrogen (secondary N) is 1. The van der Waals surface area contributed by atoms with Crippen LogP contribution in [0.3, 0.4) is 0 Å². The number of hydrogen-bond donors (Lipinski definition) is 1. The van der Waals surface area contributed by atoms with Gasteiger partial charge in [0.05, 0.1) is 5.69 Å². The number of carbonyl (C=O) groups is 1. The van der Waals surface area contributed by atoms with E-state index < -0.39 is 29.0 Å². The number of furan rings is 1. The van der Waals surface area contributed by atoms with E-state index in [0.29, 0.717) is 16.8 Å². The predicted octanol–water partition coefficient (Wildman–Crippen LogP) is 3.71. The number of carbonyl (C=O) groups excluding carboxylic acids is 1. The SMILES string of the molecule is O=C(Nc1cc(F)cc(F)c1F)c1ccc(Br)o1. The van der Waals surface area contributed by atoms with Gasteiger partial charge in [0, 0.05) is 12.1 Å². The van der Waals surface area contributed by atoms with Crippen molar-refractivity contribution in [3.05, 3.63) is 52.1 Å². The molecule has 0 saturated heterocycles. The van der Waals surface area contributed by atoms with Gasteiger partial charge >= 0.3 is 0 Å². The first-order valence-electron chi connectivity index (χ1n) is 4.68. The third-order valence-corrected chi connectivity index (χ3v) is 2.46. The molecule has 18 heavy (non-hydrogen) atoms. The fourth-order valence-corrected chi connectivity index (χ4v) is 1.57. The Hall–Kier alpha value is -1.76. The number of rotatable bonds is 2. The minimum absolute atomic E-state index is 0.119. The largest absolute Gasteiger partial charge is 0.444 e. The Morgan fingerprint density at radius 2 is 1.94 bits per heavy atom. The second-order valence-electron chi connectivity index (χ2n) is 3.31. The molecule has 1 aromatic carbocycles. The van der Waals surface area contributed by atoms with Gasteiger partial charge in [-0.3, -0.25) is 4.79 Å². The average Bonchev–Trinajstić information content (AvgIpc) is 2.72. The van der Waals surface area contributed by atoms with Crippen LogP contribution in [0.4, 0.5) is 18.9 Å². The fourth-order valence-electron chi connectivity index (χ4n) is 1.27. The van der Waals surface area contributed by atoms with Gasteiger partial charge in [-0.2, -0.15) is 0 Å². The molecule has 0 saturated carbocycles. The Kier molecular flexibility index (Phi) is 3.42. The summed E-state index contributed by atoms with van der Waals surface area (Å²) in [6.07, 6.45) is 0. The standard InChI is InChI=1S/C11H5BrF3NO2/c12-9-2-1-8(18-9)11(17)16-7-4-5(13)3-6(14)10(7)15/h1-4H,(H,16,17). The lowest BCUT2D eigenvalue weighted by Gasteiger charge is -2.05. The number of halogens is 4. The van der Waals surface area contributed by atoms with E-state index in [4.69, 9.17) is 4.42 Å². The van der Waals surface area contributed by atoms with Gasteiger partial charge in [0.25, 0.3) is 5.91 Å². The number of benzene rings is 1. The highest BCUT2D eigenvalue weighted by Gasteiger charge is 2.16. The van der Waals surface area contributed by atoms with Crippen LogP contribution in [0.25, 0.3) is 0 Å². The van der Waals surface area contributed by atoms with Crippen molar-refractivity contribution >= 4 is 27.5 Å². The lowest BCUT2D eigenvalue weighted by molar-refractivity contribution is 0.0995. The molecule has 0 radical (unpaired) electrons. The van der Waals surface area contributed by atoms with Crippen molar-refractivity contribution in [1.29, 1.82) is 0 Å². The van der Waals surface area contributed by atoms with E-state index in [1.807, 2.05) is 5.32 Å². The maximum absolute atomic E-state index is 13.3. The first-order chi connectivity index (χ1) is 8.47. The van der Waals surface area contributed by atoms with Crippen molar-refractivity contribution in [3.63, 3.8) is 0 Å². The molecule has 1 heterocycles. The molecule has 2 rings (SSSR count). The van der Waals surface area contributed by atoms with Gasteiger partial charge in [0.2, 0.25) is 0 Å². The predicted molar refractivity (Wildman–Crippen MR) is 60.7 cm³/mol. The molecule has 0 atom stereocenters. The van der Waals surface area contributed by atoms with Gasteiger partial charge in [-0.25, -0.2) is 13.2 Å². The summed E-state index contributed by atoms with van der Waals surface area (Å²) in [5.41, 5.74) is -0.593. The molecule has 1 amide bonds. The Labute approximate surface area is 108 Å². The average molecular weight is 320 g/mol. The maximum atomic E-state index is 13.3. The zero-order chi connectivity index (χ0) is 13.3. The van der Waals surface area contributed by atoms with Crippen molar-refractivity contribution in [2.24, 2.45) is 0 Å². The molecule has 3 nitrogen and oxygen atoms in total. The highest BCUT2D eigenvalue weighted by atomic mass is 79.9. The molecule has 0 fully saturated rings. The van der Waals surface area contributed by atoms with E-state index in [1.165, 1.54) is 12.1 Å². The minimum Gasteiger partial charge on any atom is -0.444 e. The molecule has 0 aliphatic rings. The van der Waals surface area contributed by atoms with Crippen LogP contribution in [0.2, 0.25) is 0 Å². The van der Waals surface area contributed by atoms with Crippen LogP contribution in [-0.2, 0) is 0 Å². The van der Waals surface area contributed by atoms with Gasteiger partial charge in [-0.15, -0.1) is 0 Å². The number of hydrogen-bond acceptors (Lipinski definition) is 2. The zero-order valence-electron chi connectivity index (χ0n) is 8.64. The van der Waals surface area contributed by atoms with Gasteiger partial charge in [-0.1, -0.05) is 0 Å². The molecule has 1 N–H and O–H groups in total. The van der Waals surface area contributed by atoms with Crippen LogP contribution in [0.5, 0.6) is 0 Å². The number of amides is 1. The van der Waals surface area contributed by atoms with E-state index in [0.717, 1.165) is 0 Å². The topological polar surface area (TPSA) is 42.2 Å². The van der Waals surface area contributed by atoms with Crippen LogP contribution >= 0.6 is 15.9 Å². The molecular formula is C11H5BrF3NO2. The monoisotopic (exact) mass is 319 g/mol. The van der Waals surface area contributed by atoms with Crippen LogP contribution in [0.15, 0.2) is 33.4 Å². The third kappa shape index (κ3) is 2.56. The highest BCUT2D eigenvalue weighted by Crippen LogP contribution is 2.21. The van der Waals surface area contributed by atoms with E-state index in [-0.39, 0.29) is 5.76 Å². The van der Waals surface area contributed by atoms with Crippen molar-refractivity contribution in [3.8, 4) is 0 Å². The van der Waals surface area contributed by atoms with E-state index in [9.17, 15) is 18.0 Å². The zero-order valence-corrected chi connectivity index (χ0v) is 10.2. The highest BCUT2D eigenvalue weighted by molar-refractivity contribution is 9.10. The second-order valence-corrected chi connectivity index (χ2v) is 4.09. The Balaban J connectivity index is 2.27. The summed E-state index contributed by atoms with van der Waals surface area (Å²) in [6.45, 7) is 0. The van der Waals surface area contributed by atoms with Crippen LogP contribution in [0, 0.1) is 17.5 Å². The minimum atomic E-state index is -1.38. The molecule has 94 valence electrons. The lowest BCUT2D eigenvalue weighted by atomic mass is 10.2. The molecule has 0 unspecified atom stereocenters. The van der Waals surface area contributed by atoms with Crippen LogP contribution < -0.4 is 5.32 Å².